The van der Waals surface area contributed by atoms with E-state index in [1.165, 1.54) is 18.5 Å². The molecule has 4 rings (SSSR count). The topological polar surface area (TPSA) is 67.9 Å². The van der Waals surface area contributed by atoms with Gasteiger partial charge < -0.3 is 9.72 Å². The van der Waals surface area contributed by atoms with Crippen molar-refractivity contribution in [2.45, 2.75) is 12.8 Å². The minimum absolute atomic E-state index is 0.0445. The minimum Gasteiger partial charge on any atom is -0.486 e. The van der Waals surface area contributed by atoms with E-state index in [9.17, 15) is 26.7 Å². The van der Waals surface area contributed by atoms with E-state index in [0.717, 1.165) is 30.5 Å². The first kappa shape index (κ1) is 21.7. The Hall–Kier alpha value is -3.53. The van der Waals surface area contributed by atoms with Gasteiger partial charge in [0, 0.05) is 35.1 Å². The van der Waals surface area contributed by atoms with Crippen LogP contribution in [-0.4, -0.2) is 20.7 Å². The van der Waals surface area contributed by atoms with Gasteiger partial charge in [0.15, 0.2) is 11.6 Å². The molecule has 32 heavy (non-hydrogen) atoms. The summed E-state index contributed by atoms with van der Waals surface area (Å²) in [5, 5.41) is 0.512. The Morgan fingerprint density at radius 2 is 1.88 bits per heavy atom. The molecule has 0 aliphatic heterocycles. The van der Waals surface area contributed by atoms with Gasteiger partial charge in [-0.15, -0.1) is 0 Å². The van der Waals surface area contributed by atoms with Crippen molar-refractivity contribution in [3.63, 3.8) is 0 Å². The van der Waals surface area contributed by atoms with Gasteiger partial charge in [0.25, 0.3) is 0 Å². The molecule has 0 unspecified atom stereocenters. The smallest absolute Gasteiger partial charge is 0.433 e. The number of nitrogens with zero attached hydrogens (tertiary/aromatic N) is 2. The highest BCUT2D eigenvalue weighted by atomic mass is 35.5. The fourth-order valence-corrected chi connectivity index (χ4v) is 3.15. The second-order valence-electron chi connectivity index (χ2n) is 6.65. The van der Waals surface area contributed by atoms with Gasteiger partial charge >= 0.3 is 6.18 Å². The summed E-state index contributed by atoms with van der Waals surface area (Å²) < 4.78 is 72.4. The first-order chi connectivity index (χ1) is 15.1. The van der Waals surface area contributed by atoms with Crippen molar-refractivity contribution in [2.75, 3.05) is 0 Å². The van der Waals surface area contributed by atoms with Gasteiger partial charge in [0.1, 0.15) is 23.8 Å². The molecule has 0 bridgehead atoms. The molecule has 0 saturated heterocycles. The Kier molecular flexibility index (Phi) is 5.55. The fraction of sp³-hybridized carbons (Fsp3) is 0.0952. The van der Waals surface area contributed by atoms with Crippen molar-refractivity contribution >= 4 is 28.4 Å². The number of halogens is 6. The standard InChI is InChI=1S/C21H11ClF5N3O2/c22-11-5-12-13(8-30-20(12)29-7-11)19(31)17-14(23)2-3-15(18(17)24)32-9-10-1-4-16(28-6-10)21(25,26)27/h1-8H,9H2,(H,29,30). The van der Waals surface area contributed by atoms with E-state index in [0.29, 0.717) is 5.65 Å². The highest BCUT2D eigenvalue weighted by Gasteiger charge is 2.32. The number of carbonyl (C=O) groups is 1. The van der Waals surface area contributed by atoms with Crippen LogP contribution in [0.5, 0.6) is 5.75 Å². The summed E-state index contributed by atoms with van der Waals surface area (Å²) in [7, 11) is 0. The van der Waals surface area contributed by atoms with Gasteiger partial charge in [0.2, 0.25) is 5.78 Å². The first-order valence-electron chi connectivity index (χ1n) is 8.95. The van der Waals surface area contributed by atoms with Gasteiger partial charge in [-0.1, -0.05) is 17.7 Å². The van der Waals surface area contributed by atoms with Gasteiger partial charge in [-0.2, -0.15) is 13.2 Å². The van der Waals surface area contributed by atoms with Crippen molar-refractivity contribution < 1.29 is 31.5 Å². The summed E-state index contributed by atoms with van der Waals surface area (Å²) in [6, 6.07) is 5.14. The van der Waals surface area contributed by atoms with E-state index in [4.69, 9.17) is 16.3 Å². The lowest BCUT2D eigenvalue weighted by Gasteiger charge is -2.11. The number of benzene rings is 1. The molecule has 0 aliphatic rings. The lowest BCUT2D eigenvalue weighted by Crippen LogP contribution is -2.10. The van der Waals surface area contributed by atoms with E-state index in [1.807, 2.05) is 0 Å². The molecule has 0 aliphatic carbocycles. The van der Waals surface area contributed by atoms with Gasteiger partial charge in [-0.05, 0) is 24.3 Å². The predicted molar refractivity (Wildman–Crippen MR) is 104 cm³/mol. The van der Waals surface area contributed by atoms with Crippen molar-refractivity contribution in [3.05, 3.63) is 88.0 Å². The minimum atomic E-state index is -4.60. The number of aromatic nitrogens is 3. The number of H-pyrrole nitrogens is 1. The third-order valence-corrected chi connectivity index (χ3v) is 4.74. The predicted octanol–water partition coefficient (Wildman–Crippen LogP) is 5.72. The monoisotopic (exact) mass is 467 g/mol. The number of aromatic amines is 1. The summed E-state index contributed by atoms with van der Waals surface area (Å²) >= 11 is 5.90. The maximum Gasteiger partial charge on any atom is 0.433 e. The van der Waals surface area contributed by atoms with Crippen LogP contribution in [0.25, 0.3) is 11.0 Å². The average molecular weight is 468 g/mol. The first-order valence-corrected chi connectivity index (χ1v) is 9.33. The van der Waals surface area contributed by atoms with E-state index in [2.05, 4.69) is 15.0 Å². The highest BCUT2D eigenvalue weighted by molar-refractivity contribution is 6.31. The maximum absolute atomic E-state index is 15.0. The Morgan fingerprint density at radius 1 is 1.09 bits per heavy atom. The number of hydrogen-bond acceptors (Lipinski definition) is 4. The molecule has 0 amide bonds. The van der Waals surface area contributed by atoms with Crippen LogP contribution >= 0.6 is 11.6 Å². The molecule has 0 saturated carbocycles. The molecule has 3 aromatic heterocycles. The lowest BCUT2D eigenvalue weighted by atomic mass is 10.0. The third kappa shape index (κ3) is 4.13. The van der Waals surface area contributed by atoms with E-state index in [-0.39, 0.29) is 28.1 Å². The van der Waals surface area contributed by atoms with Crippen LogP contribution in [0.4, 0.5) is 22.0 Å². The van der Waals surface area contributed by atoms with Crippen LogP contribution in [0.2, 0.25) is 5.02 Å². The van der Waals surface area contributed by atoms with Crippen LogP contribution in [0, 0.1) is 11.6 Å². The van der Waals surface area contributed by atoms with Crippen molar-refractivity contribution in [1.29, 1.82) is 0 Å². The Morgan fingerprint density at radius 3 is 2.56 bits per heavy atom. The third-order valence-electron chi connectivity index (χ3n) is 4.53. The van der Waals surface area contributed by atoms with Gasteiger partial charge in [-0.25, -0.2) is 13.8 Å². The summed E-state index contributed by atoms with van der Waals surface area (Å²) in [5.41, 5.74) is -1.46. The fourth-order valence-electron chi connectivity index (χ4n) is 2.99. The molecule has 0 spiro atoms. The molecule has 3 heterocycles. The Balaban J connectivity index is 1.61. The summed E-state index contributed by atoms with van der Waals surface area (Å²) in [4.78, 5) is 22.9. The number of pyridine rings is 2. The molecule has 0 radical (unpaired) electrons. The SMILES string of the molecule is O=C(c1c(F)ccc(OCc2ccc(C(F)(F)F)nc2)c1F)c1c[nH]c2ncc(Cl)cc12. The number of rotatable bonds is 5. The number of nitrogens with one attached hydrogen (secondary N) is 1. The zero-order chi connectivity index (χ0) is 23.0. The van der Waals surface area contributed by atoms with Crippen LogP contribution < -0.4 is 4.74 Å². The highest BCUT2D eigenvalue weighted by Crippen LogP contribution is 2.30. The van der Waals surface area contributed by atoms with E-state index in [1.54, 1.807) is 0 Å². The largest absolute Gasteiger partial charge is 0.486 e. The number of alkyl halides is 3. The number of ketones is 1. The van der Waals surface area contributed by atoms with Crippen LogP contribution in [-0.2, 0) is 12.8 Å². The number of ether oxygens (including phenoxy) is 1. The number of hydrogen-bond donors (Lipinski definition) is 1. The molecule has 5 nitrogen and oxygen atoms in total. The Bertz CT molecular complexity index is 1320. The Labute approximate surface area is 181 Å². The van der Waals surface area contributed by atoms with Crippen molar-refractivity contribution in [2.24, 2.45) is 0 Å². The van der Waals surface area contributed by atoms with Crippen LogP contribution in [0.3, 0.4) is 0 Å². The number of fused-ring (bicyclic) bond motifs is 1. The van der Waals surface area contributed by atoms with E-state index >= 15 is 0 Å². The number of carbonyl (C=O) groups excluding carboxylic acids is 1. The molecule has 0 fully saturated rings. The summed E-state index contributed by atoms with van der Waals surface area (Å²) in [5.74, 6) is -3.78. The summed E-state index contributed by atoms with van der Waals surface area (Å²) in [6.07, 6.45) is -1.06. The normalized spacial score (nSPS) is 11.7. The van der Waals surface area contributed by atoms with Crippen LogP contribution in [0.1, 0.15) is 27.2 Å². The molecule has 4 aromatic rings. The van der Waals surface area contributed by atoms with Gasteiger partial charge in [-0.3, -0.25) is 9.78 Å². The summed E-state index contributed by atoms with van der Waals surface area (Å²) in [6.45, 7) is -0.353. The average Bonchev–Trinajstić information content (AvgIpc) is 3.16. The molecule has 1 N–H and O–H groups in total. The lowest BCUT2D eigenvalue weighted by molar-refractivity contribution is -0.141. The van der Waals surface area contributed by atoms with Crippen molar-refractivity contribution in [1.82, 2.24) is 15.0 Å². The van der Waals surface area contributed by atoms with Crippen LogP contribution in [0.15, 0.2) is 48.9 Å². The quantitative estimate of drug-likeness (QED) is 0.301. The molecule has 0 atom stereocenters. The molecular formula is C21H11ClF5N3O2. The molecule has 164 valence electrons. The molecule has 11 heteroatoms. The zero-order valence-corrected chi connectivity index (χ0v) is 16.6. The molecular weight excluding hydrogens is 457 g/mol. The second-order valence-corrected chi connectivity index (χ2v) is 7.09. The molecule has 1 aromatic carbocycles. The zero-order valence-electron chi connectivity index (χ0n) is 15.8. The van der Waals surface area contributed by atoms with Crippen molar-refractivity contribution in [3.8, 4) is 5.75 Å². The van der Waals surface area contributed by atoms with E-state index < -0.39 is 40.6 Å². The second kappa shape index (κ2) is 8.19. The van der Waals surface area contributed by atoms with Gasteiger partial charge in [0.05, 0.1) is 10.6 Å². The maximum atomic E-state index is 15.0.